The second kappa shape index (κ2) is 10.7. The maximum Gasteiger partial charge on any atom is 0.416 e. The van der Waals surface area contributed by atoms with Crippen LogP contribution in [-0.2, 0) is 23.8 Å². The molecular formula is C25H22F6N2O3S. The van der Waals surface area contributed by atoms with Crippen LogP contribution in [0.2, 0.25) is 0 Å². The highest BCUT2D eigenvalue weighted by Gasteiger charge is 2.38. The van der Waals surface area contributed by atoms with E-state index >= 15 is 0 Å². The summed E-state index contributed by atoms with van der Waals surface area (Å²) >= 11 is 1.28. The maximum absolute atomic E-state index is 13.4. The van der Waals surface area contributed by atoms with Crippen LogP contribution in [0.25, 0.3) is 6.08 Å². The molecule has 0 aliphatic carbocycles. The van der Waals surface area contributed by atoms with Crippen molar-refractivity contribution in [1.29, 1.82) is 0 Å². The molecule has 0 saturated carbocycles. The monoisotopic (exact) mass is 544 g/mol. The number of hydrogen-bond acceptors (Lipinski definition) is 5. The average Bonchev–Trinajstić information content (AvgIpc) is 3.22. The standard InChI is InChI=1S/C25H22F6N2O3S/c1-35-20-11-15(12-21-22(34)32-23(37-21)33-9-3-2-4-10-33)5-8-19(20)36-14-16-6-7-17(24(26,27)28)13-18(16)25(29,30)31/h5-8,11-13H,2-4,9-10,14H2,1H3. The second-order valence-electron chi connectivity index (χ2n) is 8.42. The second-order valence-corrected chi connectivity index (χ2v) is 9.43. The van der Waals surface area contributed by atoms with Crippen LogP contribution in [0.1, 0.15) is 41.5 Å². The van der Waals surface area contributed by atoms with E-state index in [-0.39, 0.29) is 23.5 Å². The van der Waals surface area contributed by atoms with E-state index in [0.29, 0.717) is 21.7 Å². The summed E-state index contributed by atoms with van der Waals surface area (Å²) in [7, 11) is 1.34. The van der Waals surface area contributed by atoms with Gasteiger partial charge in [-0.25, -0.2) is 0 Å². The molecular weight excluding hydrogens is 522 g/mol. The summed E-state index contributed by atoms with van der Waals surface area (Å²) in [6.45, 7) is 1.06. The van der Waals surface area contributed by atoms with Crippen LogP contribution in [-0.4, -0.2) is 36.2 Å². The number of piperidine rings is 1. The molecule has 198 valence electrons. The number of aliphatic imine (C=N–C) groups is 1. The van der Waals surface area contributed by atoms with E-state index in [0.717, 1.165) is 38.4 Å². The topological polar surface area (TPSA) is 51.1 Å². The first-order chi connectivity index (χ1) is 17.5. The van der Waals surface area contributed by atoms with Crippen molar-refractivity contribution in [2.45, 2.75) is 38.2 Å². The number of hydrogen-bond donors (Lipinski definition) is 0. The Morgan fingerprint density at radius 1 is 0.973 bits per heavy atom. The predicted octanol–water partition coefficient (Wildman–Crippen LogP) is 6.77. The molecule has 1 saturated heterocycles. The third-order valence-corrected chi connectivity index (χ3v) is 6.89. The first-order valence-electron chi connectivity index (χ1n) is 11.3. The van der Waals surface area contributed by atoms with Gasteiger partial charge in [-0.05, 0) is 66.9 Å². The molecule has 5 nitrogen and oxygen atoms in total. The molecule has 37 heavy (non-hydrogen) atoms. The Labute approximate surface area is 213 Å². The van der Waals surface area contributed by atoms with Gasteiger partial charge < -0.3 is 14.4 Å². The molecule has 2 heterocycles. The molecule has 0 spiro atoms. The summed E-state index contributed by atoms with van der Waals surface area (Å²) in [5.41, 5.74) is -2.70. The van der Waals surface area contributed by atoms with E-state index in [1.807, 2.05) is 0 Å². The van der Waals surface area contributed by atoms with Gasteiger partial charge in [0.2, 0.25) is 0 Å². The molecule has 1 fully saturated rings. The Morgan fingerprint density at radius 2 is 1.70 bits per heavy atom. The van der Waals surface area contributed by atoms with Crippen molar-refractivity contribution in [2.24, 2.45) is 4.99 Å². The summed E-state index contributed by atoms with van der Waals surface area (Å²) in [5, 5.41) is 0.667. The van der Waals surface area contributed by atoms with Gasteiger partial charge in [0.15, 0.2) is 16.7 Å². The summed E-state index contributed by atoms with van der Waals surface area (Å²) in [6, 6.07) is 6.00. The average molecular weight is 545 g/mol. The first kappa shape index (κ1) is 26.9. The SMILES string of the molecule is COc1cc(C=C2SC(N3CCCCC3)=NC2=O)ccc1OCc1ccc(C(F)(F)F)cc1C(F)(F)F. The zero-order valence-electron chi connectivity index (χ0n) is 19.6. The van der Waals surface area contributed by atoms with Crippen molar-refractivity contribution < 1.29 is 40.6 Å². The molecule has 0 bridgehead atoms. The fraction of sp³-hybridized carbons (Fsp3) is 0.360. The summed E-state index contributed by atoms with van der Waals surface area (Å²) in [5.74, 6) is -0.0809. The smallest absolute Gasteiger partial charge is 0.416 e. The number of carbonyl (C=O) groups excluding carboxylic acids is 1. The maximum atomic E-state index is 13.4. The number of rotatable bonds is 5. The number of halogens is 6. The first-order valence-corrected chi connectivity index (χ1v) is 12.1. The molecule has 4 rings (SSSR count). The summed E-state index contributed by atoms with van der Waals surface area (Å²) in [4.78, 5) is 19.0. The lowest BCUT2D eigenvalue weighted by Crippen LogP contribution is -2.33. The number of ether oxygens (including phenoxy) is 2. The highest BCUT2D eigenvalue weighted by atomic mass is 32.2. The number of benzene rings is 2. The lowest BCUT2D eigenvalue weighted by molar-refractivity contribution is -0.143. The van der Waals surface area contributed by atoms with Gasteiger partial charge in [0.1, 0.15) is 6.61 Å². The van der Waals surface area contributed by atoms with Crippen molar-refractivity contribution in [1.82, 2.24) is 4.90 Å². The van der Waals surface area contributed by atoms with Crippen LogP contribution in [0.5, 0.6) is 11.5 Å². The number of amidine groups is 1. The van der Waals surface area contributed by atoms with Crippen LogP contribution in [0.15, 0.2) is 46.3 Å². The molecule has 1 amide bonds. The minimum absolute atomic E-state index is 0.0711. The van der Waals surface area contributed by atoms with Crippen LogP contribution >= 0.6 is 11.8 Å². The van der Waals surface area contributed by atoms with E-state index in [1.54, 1.807) is 18.2 Å². The minimum Gasteiger partial charge on any atom is -0.493 e. The fourth-order valence-electron chi connectivity index (χ4n) is 3.96. The van der Waals surface area contributed by atoms with Crippen LogP contribution < -0.4 is 9.47 Å². The number of carbonyl (C=O) groups is 1. The Balaban J connectivity index is 1.50. The third kappa shape index (κ3) is 6.41. The largest absolute Gasteiger partial charge is 0.493 e. The van der Waals surface area contributed by atoms with Gasteiger partial charge in [-0.1, -0.05) is 12.1 Å². The van der Waals surface area contributed by atoms with E-state index in [2.05, 4.69) is 9.89 Å². The van der Waals surface area contributed by atoms with Gasteiger partial charge in [0.25, 0.3) is 5.91 Å². The van der Waals surface area contributed by atoms with E-state index in [9.17, 15) is 31.1 Å². The third-order valence-electron chi connectivity index (χ3n) is 5.85. The number of methoxy groups -OCH3 is 1. The molecule has 0 aromatic heterocycles. The van der Waals surface area contributed by atoms with Gasteiger partial charge in [0, 0.05) is 18.7 Å². The van der Waals surface area contributed by atoms with Crippen molar-refractivity contribution in [2.75, 3.05) is 20.2 Å². The Bertz CT molecular complexity index is 1230. The van der Waals surface area contributed by atoms with Gasteiger partial charge >= 0.3 is 12.4 Å². The highest BCUT2D eigenvalue weighted by molar-refractivity contribution is 8.18. The quantitative estimate of drug-likeness (QED) is 0.307. The van der Waals surface area contributed by atoms with Crippen molar-refractivity contribution >= 4 is 28.9 Å². The van der Waals surface area contributed by atoms with Gasteiger partial charge in [-0.2, -0.15) is 31.3 Å². The highest BCUT2D eigenvalue weighted by Crippen LogP contribution is 2.39. The van der Waals surface area contributed by atoms with Crippen molar-refractivity contribution in [3.05, 3.63) is 63.6 Å². The molecule has 0 N–H and O–H groups in total. The number of thioether (sulfide) groups is 1. The van der Waals surface area contributed by atoms with Gasteiger partial charge in [0.05, 0.1) is 23.1 Å². The number of alkyl halides is 6. The molecule has 2 aliphatic rings. The molecule has 0 radical (unpaired) electrons. The number of amides is 1. The Kier molecular flexibility index (Phi) is 7.77. The van der Waals surface area contributed by atoms with E-state index in [4.69, 9.17) is 9.47 Å². The Hall–Kier alpha value is -3.15. The molecule has 12 heteroatoms. The lowest BCUT2D eigenvalue weighted by Gasteiger charge is -2.27. The van der Waals surface area contributed by atoms with Crippen LogP contribution in [0, 0.1) is 0 Å². The zero-order valence-corrected chi connectivity index (χ0v) is 20.4. The normalized spacial score (nSPS) is 17.8. The number of likely N-dealkylation sites (tertiary alicyclic amines) is 1. The molecule has 0 atom stereocenters. The van der Waals surface area contributed by atoms with Crippen LogP contribution in [0.4, 0.5) is 26.3 Å². The van der Waals surface area contributed by atoms with Crippen molar-refractivity contribution in [3.8, 4) is 11.5 Å². The molecule has 2 aromatic rings. The van der Waals surface area contributed by atoms with Gasteiger partial charge in [-0.3, -0.25) is 4.79 Å². The van der Waals surface area contributed by atoms with Crippen molar-refractivity contribution in [3.63, 3.8) is 0 Å². The zero-order chi connectivity index (χ0) is 26.8. The van der Waals surface area contributed by atoms with E-state index < -0.39 is 35.6 Å². The molecule has 2 aromatic carbocycles. The fourth-order valence-corrected chi connectivity index (χ4v) is 4.93. The minimum atomic E-state index is -5.00. The predicted molar refractivity (Wildman–Crippen MR) is 127 cm³/mol. The van der Waals surface area contributed by atoms with E-state index in [1.165, 1.54) is 24.9 Å². The number of nitrogens with zero attached hydrogens (tertiary/aromatic N) is 2. The Morgan fingerprint density at radius 3 is 2.35 bits per heavy atom. The lowest BCUT2D eigenvalue weighted by atomic mass is 10.0. The van der Waals surface area contributed by atoms with Gasteiger partial charge in [-0.15, -0.1) is 0 Å². The summed E-state index contributed by atoms with van der Waals surface area (Å²) in [6.07, 6.45) is -5.04. The summed E-state index contributed by atoms with van der Waals surface area (Å²) < 4.78 is 89.8. The molecule has 0 unspecified atom stereocenters. The molecule has 2 aliphatic heterocycles. The van der Waals surface area contributed by atoms with Crippen LogP contribution in [0.3, 0.4) is 0 Å².